The highest BCUT2D eigenvalue weighted by molar-refractivity contribution is 5.90. The number of likely N-dealkylation sites (N-methyl/N-ethyl adjacent to an activating group) is 1. The molecule has 0 bridgehead atoms. The Morgan fingerprint density at radius 3 is 2.71 bits per heavy atom. The van der Waals surface area contributed by atoms with Crippen LogP contribution in [0.4, 0.5) is 10.3 Å². The third-order valence-electron chi connectivity index (χ3n) is 5.17. The average Bonchev–Trinajstić information content (AvgIpc) is 3.03. The molecular formula is C16H22FN5O2. The highest BCUT2D eigenvalue weighted by Gasteiger charge is 2.55. The molecule has 2 atom stereocenters. The number of carbonyl (C=O) groups is 2. The minimum Gasteiger partial charge on any atom is -0.347 e. The number of anilines is 1. The van der Waals surface area contributed by atoms with E-state index in [0.29, 0.717) is 32.0 Å². The summed E-state index contributed by atoms with van der Waals surface area (Å²) in [7, 11) is 3.37. The quantitative estimate of drug-likeness (QED) is 0.799. The molecule has 2 aliphatic heterocycles. The van der Waals surface area contributed by atoms with Crippen LogP contribution in [0.15, 0.2) is 12.4 Å². The van der Waals surface area contributed by atoms with Gasteiger partial charge in [0.25, 0.3) is 0 Å². The lowest BCUT2D eigenvalue weighted by Crippen LogP contribution is -2.43. The maximum Gasteiger partial charge on any atom is 0.241 e. The molecule has 0 aromatic carbocycles. The fraction of sp³-hybridized carbons (Fsp3) is 0.625. The number of hydrogen-bond donors (Lipinski definition) is 0. The number of rotatable bonds is 3. The Balaban J connectivity index is 1.75. The maximum absolute atomic E-state index is 13.0. The topological polar surface area (TPSA) is 69.6 Å². The Morgan fingerprint density at radius 1 is 1.42 bits per heavy atom. The summed E-state index contributed by atoms with van der Waals surface area (Å²) < 4.78 is 13.0. The second-order valence-corrected chi connectivity index (χ2v) is 6.90. The van der Waals surface area contributed by atoms with Crippen molar-refractivity contribution in [2.24, 2.45) is 11.3 Å². The number of aromatic nitrogens is 2. The van der Waals surface area contributed by atoms with Crippen molar-refractivity contribution in [2.75, 3.05) is 45.2 Å². The fourth-order valence-corrected chi connectivity index (χ4v) is 3.60. The van der Waals surface area contributed by atoms with E-state index in [1.807, 2.05) is 11.8 Å². The van der Waals surface area contributed by atoms with Gasteiger partial charge in [0.1, 0.15) is 0 Å². The maximum atomic E-state index is 13.0. The highest BCUT2D eigenvalue weighted by Crippen LogP contribution is 2.45. The minimum atomic E-state index is -0.510. The fourth-order valence-electron chi connectivity index (χ4n) is 3.60. The van der Waals surface area contributed by atoms with Crippen molar-refractivity contribution in [3.8, 4) is 0 Å². The highest BCUT2D eigenvalue weighted by atomic mass is 19.1. The van der Waals surface area contributed by atoms with Gasteiger partial charge in [0.2, 0.25) is 17.8 Å². The summed E-state index contributed by atoms with van der Waals surface area (Å²) in [5.74, 6) is 0.0273. The monoisotopic (exact) mass is 335 g/mol. The SMILES string of the molecule is C[C@H]1CN(c2ncc(F)cn2)C[C@@]12CCN(CC(=O)N(C)C)C2=O. The second-order valence-electron chi connectivity index (χ2n) is 6.90. The third kappa shape index (κ3) is 2.70. The molecule has 0 saturated carbocycles. The van der Waals surface area contributed by atoms with Gasteiger partial charge in [0.05, 0.1) is 24.4 Å². The first kappa shape index (κ1) is 16.6. The zero-order chi connectivity index (χ0) is 17.5. The van der Waals surface area contributed by atoms with Gasteiger partial charge >= 0.3 is 0 Å². The Morgan fingerprint density at radius 2 is 2.08 bits per heavy atom. The van der Waals surface area contributed by atoms with Gasteiger partial charge < -0.3 is 14.7 Å². The van der Waals surface area contributed by atoms with Crippen molar-refractivity contribution in [2.45, 2.75) is 13.3 Å². The van der Waals surface area contributed by atoms with Gasteiger partial charge in [0, 0.05) is 33.7 Å². The number of likely N-dealkylation sites (tertiary alicyclic amines) is 1. The summed E-state index contributed by atoms with van der Waals surface area (Å²) in [6, 6.07) is 0. The number of amides is 2. The lowest BCUT2D eigenvalue weighted by atomic mass is 9.78. The van der Waals surface area contributed by atoms with Crippen molar-refractivity contribution >= 4 is 17.8 Å². The third-order valence-corrected chi connectivity index (χ3v) is 5.17. The van der Waals surface area contributed by atoms with Crippen LogP contribution < -0.4 is 4.90 Å². The lowest BCUT2D eigenvalue weighted by Gasteiger charge is -2.26. The van der Waals surface area contributed by atoms with E-state index < -0.39 is 11.2 Å². The van der Waals surface area contributed by atoms with Gasteiger partial charge in [0.15, 0.2) is 5.82 Å². The summed E-state index contributed by atoms with van der Waals surface area (Å²) in [6.45, 7) is 3.89. The Bertz CT molecular complexity index is 650. The summed E-state index contributed by atoms with van der Waals surface area (Å²) in [5.41, 5.74) is -0.510. The minimum absolute atomic E-state index is 0.0230. The molecule has 1 spiro atoms. The predicted octanol–water partition coefficient (Wildman–Crippen LogP) is 0.379. The molecule has 1 aromatic rings. The van der Waals surface area contributed by atoms with E-state index in [1.54, 1.807) is 19.0 Å². The van der Waals surface area contributed by atoms with Crippen LogP contribution in [0, 0.1) is 17.2 Å². The zero-order valence-electron chi connectivity index (χ0n) is 14.2. The first-order valence-corrected chi connectivity index (χ1v) is 8.05. The van der Waals surface area contributed by atoms with Gasteiger partial charge in [-0.1, -0.05) is 6.92 Å². The van der Waals surface area contributed by atoms with Crippen LogP contribution in [0.2, 0.25) is 0 Å². The van der Waals surface area contributed by atoms with Gasteiger partial charge in [-0.3, -0.25) is 9.59 Å². The number of halogens is 1. The van der Waals surface area contributed by atoms with E-state index in [2.05, 4.69) is 9.97 Å². The molecule has 24 heavy (non-hydrogen) atoms. The van der Waals surface area contributed by atoms with E-state index in [1.165, 1.54) is 4.90 Å². The predicted molar refractivity (Wildman–Crippen MR) is 85.7 cm³/mol. The molecular weight excluding hydrogens is 313 g/mol. The summed E-state index contributed by atoms with van der Waals surface area (Å²) in [4.78, 5) is 38.0. The summed E-state index contributed by atoms with van der Waals surface area (Å²) in [6.07, 6.45) is 2.98. The van der Waals surface area contributed by atoms with Crippen LogP contribution in [0.1, 0.15) is 13.3 Å². The molecule has 130 valence electrons. The molecule has 8 heteroatoms. The zero-order valence-corrected chi connectivity index (χ0v) is 14.2. The summed E-state index contributed by atoms with van der Waals surface area (Å²) in [5, 5.41) is 0. The van der Waals surface area contributed by atoms with Crippen molar-refractivity contribution in [3.63, 3.8) is 0 Å². The Hall–Kier alpha value is -2.25. The van der Waals surface area contributed by atoms with Crippen molar-refractivity contribution in [1.82, 2.24) is 19.8 Å². The van der Waals surface area contributed by atoms with Crippen LogP contribution in [-0.4, -0.2) is 71.9 Å². The molecule has 2 amide bonds. The number of hydrogen-bond acceptors (Lipinski definition) is 5. The van der Waals surface area contributed by atoms with E-state index in [-0.39, 0.29) is 24.3 Å². The van der Waals surface area contributed by atoms with Crippen LogP contribution in [0.25, 0.3) is 0 Å². The van der Waals surface area contributed by atoms with Gasteiger partial charge in [-0.25, -0.2) is 14.4 Å². The molecule has 2 aliphatic rings. The van der Waals surface area contributed by atoms with Crippen LogP contribution in [-0.2, 0) is 9.59 Å². The molecule has 3 heterocycles. The van der Waals surface area contributed by atoms with Gasteiger partial charge in [-0.2, -0.15) is 0 Å². The largest absolute Gasteiger partial charge is 0.347 e. The average molecular weight is 335 g/mol. The molecule has 3 rings (SSSR count). The van der Waals surface area contributed by atoms with E-state index in [0.717, 1.165) is 12.4 Å². The number of nitrogens with zero attached hydrogens (tertiary/aromatic N) is 5. The van der Waals surface area contributed by atoms with Crippen LogP contribution in [0.5, 0.6) is 0 Å². The Labute approximate surface area is 140 Å². The van der Waals surface area contributed by atoms with Crippen LogP contribution in [0.3, 0.4) is 0 Å². The molecule has 2 fully saturated rings. The molecule has 0 unspecified atom stereocenters. The molecule has 0 aliphatic carbocycles. The number of carbonyl (C=O) groups excluding carboxylic acids is 2. The van der Waals surface area contributed by atoms with E-state index >= 15 is 0 Å². The van der Waals surface area contributed by atoms with Crippen molar-refractivity contribution in [1.29, 1.82) is 0 Å². The molecule has 0 radical (unpaired) electrons. The van der Waals surface area contributed by atoms with Crippen molar-refractivity contribution in [3.05, 3.63) is 18.2 Å². The smallest absolute Gasteiger partial charge is 0.241 e. The van der Waals surface area contributed by atoms with Gasteiger partial charge in [-0.15, -0.1) is 0 Å². The van der Waals surface area contributed by atoms with Crippen LogP contribution >= 0.6 is 0 Å². The normalized spacial score (nSPS) is 26.5. The van der Waals surface area contributed by atoms with E-state index in [9.17, 15) is 14.0 Å². The first-order valence-electron chi connectivity index (χ1n) is 8.05. The molecule has 1 aromatic heterocycles. The summed E-state index contributed by atoms with van der Waals surface area (Å²) >= 11 is 0. The first-order chi connectivity index (χ1) is 11.3. The standard InChI is InChI=1S/C16H22FN5O2/c1-11-8-22(15-18-6-12(17)7-19-15)10-16(11)4-5-21(14(16)24)9-13(23)20(2)3/h6-7,11H,4-5,8-10H2,1-3H3/t11-,16-/m0/s1. The lowest BCUT2D eigenvalue weighted by molar-refractivity contribution is -0.141. The molecule has 7 nitrogen and oxygen atoms in total. The molecule has 0 N–H and O–H groups in total. The van der Waals surface area contributed by atoms with Gasteiger partial charge in [-0.05, 0) is 12.3 Å². The second kappa shape index (κ2) is 5.99. The van der Waals surface area contributed by atoms with E-state index in [4.69, 9.17) is 0 Å². The van der Waals surface area contributed by atoms with Crippen molar-refractivity contribution < 1.29 is 14.0 Å². The molecule has 2 saturated heterocycles. The Kier molecular flexibility index (Phi) is 4.15.